The number of ether oxygens (including phenoxy) is 1. The molecule has 134 valence electrons. The number of carbonyl (C=O) groups excluding carboxylic acids is 3. The first kappa shape index (κ1) is 17.5. The lowest BCUT2D eigenvalue weighted by molar-refractivity contribution is -0.118. The van der Waals surface area contributed by atoms with Crippen LogP contribution in [0, 0.1) is 0 Å². The highest BCUT2D eigenvalue weighted by molar-refractivity contribution is 6.23. The van der Waals surface area contributed by atoms with Gasteiger partial charge in [0.05, 0.1) is 24.4 Å². The molecule has 3 rings (SSSR count). The maximum Gasteiger partial charge on any atom is 0.329 e. The molecule has 2 aromatic rings. The molecule has 1 heterocycles. The molecule has 0 radical (unpaired) electrons. The largest absolute Gasteiger partial charge is 0.493 e. The summed E-state index contributed by atoms with van der Waals surface area (Å²) < 4.78 is 5.50. The number of hydrogen-bond acceptors (Lipinski definition) is 4. The Morgan fingerprint density at radius 2 is 1.81 bits per heavy atom. The molecule has 7 heteroatoms. The predicted octanol–water partition coefficient (Wildman–Crippen LogP) is 2.54. The zero-order valence-electron chi connectivity index (χ0n) is 14.3. The van der Waals surface area contributed by atoms with Crippen molar-refractivity contribution in [2.45, 2.75) is 19.4 Å². The van der Waals surface area contributed by atoms with Crippen LogP contribution in [0.5, 0.6) is 5.75 Å². The van der Waals surface area contributed by atoms with Crippen molar-refractivity contribution in [3.8, 4) is 5.75 Å². The number of anilines is 2. The lowest BCUT2D eigenvalue weighted by atomic mass is 10.2. The fourth-order valence-corrected chi connectivity index (χ4v) is 2.60. The standard InChI is InChI=1S/C19H19N3O4/c1-13-18(24)22(19(25)20-13)16-10-6-5-9-15(16)21-17(23)11-12-26-14-7-3-2-4-8-14/h2-10,13H,11-12H2,1H3,(H,20,25)(H,21,23). The Kier molecular flexibility index (Phi) is 5.17. The molecular formula is C19H19N3O4. The first-order chi connectivity index (χ1) is 12.6. The van der Waals surface area contributed by atoms with Crippen LogP contribution in [-0.2, 0) is 9.59 Å². The van der Waals surface area contributed by atoms with Gasteiger partial charge in [-0.25, -0.2) is 9.69 Å². The van der Waals surface area contributed by atoms with Crippen LogP contribution in [0.3, 0.4) is 0 Å². The fraction of sp³-hybridized carbons (Fsp3) is 0.211. The topological polar surface area (TPSA) is 87.7 Å². The second kappa shape index (κ2) is 7.69. The van der Waals surface area contributed by atoms with E-state index in [0.29, 0.717) is 17.1 Å². The lowest BCUT2D eigenvalue weighted by Crippen LogP contribution is -2.32. The molecule has 1 atom stereocenters. The van der Waals surface area contributed by atoms with E-state index in [2.05, 4.69) is 10.6 Å². The molecular weight excluding hydrogens is 334 g/mol. The Morgan fingerprint density at radius 3 is 2.50 bits per heavy atom. The number of hydrogen-bond donors (Lipinski definition) is 2. The van der Waals surface area contributed by atoms with Crippen LogP contribution >= 0.6 is 0 Å². The van der Waals surface area contributed by atoms with Crippen molar-refractivity contribution in [3.05, 3.63) is 54.6 Å². The summed E-state index contributed by atoms with van der Waals surface area (Å²) in [4.78, 5) is 37.5. The van der Waals surface area contributed by atoms with Crippen molar-refractivity contribution in [2.75, 3.05) is 16.8 Å². The molecule has 7 nitrogen and oxygen atoms in total. The van der Waals surface area contributed by atoms with E-state index >= 15 is 0 Å². The number of urea groups is 1. The van der Waals surface area contributed by atoms with E-state index in [9.17, 15) is 14.4 Å². The maximum absolute atomic E-state index is 12.2. The van der Waals surface area contributed by atoms with Crippen LogP contribution in [0.25, 0.3) is 0 Å². The van der Waals surface area contributed by atoms with E-state index in [4.69, 9.17) is 4.74 Å². The van der Waals surface area contributed by atoms with Crippen molar-refractivity contribution >= 4 is 29.2 Å². The van der Waals surface area contributed by atoms with Gasteiger partial charge in [-0.15, -0.1) is 0 Å². The van der Waals surface area contributed by atoms with Crippen LogP contribution in [0.2, 0.25) is 0 Å². The average Bonchev–Trinajstić information content (AvgIpc) is 2.89. The number of amides is 4. The van der Waals surface area contributed by atoms with Gasteiger partial charge < -0.3 is 15.4 Å². The van der Waals surface area contributed by atoms with Crippen molar-refractivity contribution in [1.82, 2.24) is 5.32 Å². The van der Waals surface area contributed by atoms with Crippen LogP contribution < -0.4 is 20.3 Å². The number of rotatable bonds is 6. The number of imide groups is 1. The molecule has 0 saturated carbocycles. The van der Waals surface area contributed by atoms with E-state index in [1.54, 1.807) is 31.2 Å². The third-order valence-corrected chi connectivity index (χ3v) is 3.89. The summed E-state index contributed by atoms with van der Waals surface area (Å²) in [5, 5.41) is 5.29. The highest BCUT2D eigenvalue weighted by Gasteiger charge is 2.37. The predicted molar refractivity (Wildman–Crippen MR) is 97.1 cm³/mol. The third kappa shape index (κ3) is 3.83. The zero-order valence-corrected chi connectivity index (χ0v) is 14.3. The normalized spacial score (nSPS) is 16.3. The second-order valence-electron chi connectivity index (χ2n) is 5.82. The van der Waals surface area contributed by atoms with Crippen LogP contribution in [0.4, 0.5) is 16.2 Å². The van der Waals surface area contributed by atoms with Gasteiger partial charge in [-0.2, -0.15) is 0 Å². The Labute approximate surface area is 150 Å². The zero-order chi connectivity index (χ0) is 18.5. The highest BCUT2D eigenvalue weighted by Crippen LogP contribution is 2.28. The molecule has 2 aromatic carbocycles. The molecule has 1 unspecified atom stereocenters. The molecule has 1 fully saturated rings. The molecule has 1 aliphatic heterocycles. The van der Waals surface area contributed by atoms with Crippen molar-refractivity contribution < 1.29 is 19.1 Å². The Balaban J connectivity index is 1.64. The van der Waals surface area contributed by atoms with E-state index in [1.807, 2.05) is 30.3 Å². The molecule has 1 aliphatic rings. The molecule has 0 aromatic heterocycles. The maximum atomic E-state index is 12.2. The summed E-state index contributed by atoms with van der Waals surface area (Å²) in [7, 11) is 0. The quantitative estimate of drug-likeness (QED) is 0.781. The number of benzene rings is 2. The summed E-state index contributed by atoms with van der Waals surface area (Å²) in [6, 6.07) is 14.8. The van der Waals surface area contributed by atoms with Gasteiger partial charge in [0.25, 0.3) is 5.91 Å². The number of nitrogens with one attached hydrogen (secondary N) is 2. The summed E-state index contributed by atoms with van der Waals surface area (Å²) in [6.45, 7) is 1.83. The molecule has 26 heavy (non-hydrogen) atoms. The summed E-state index contributed by atoms with van der Waals surface area (Å²) in [5.41, 5.74) is 0.742. The van der Waals surface area contributed by atoms with E-state index < -0.39 is 12.1 Å². The van der Waals surface area contributed by atoms with Gasteiger partial charge >= 0.3 is 6.03 Å². The van der Waals surface area contributed by atoms with E-state index in [0.717, 1.165) is 4.90 Å². The van der Waals surface area contributed by atoms with Gasteiger partial charge in [0, 0.05) is 0 Å². The molecule has 1 saturated heterocycles. The minimum atomic E-state index is -0.592. The van der Waals surface area contributed by atoms with Crippen LogP contribution in [0.15, 0.2) is 54.6 Å². The van der Waals surface area contributed by atoms with Gasteiger partial charge in [0.2, 0.25) is 5.91 Å². The summed E-state index contributed by atoms with van der Waals surface area (Å²) >= 11 is 0. The average molecular weight is 353 g/mol. The van der Waals surface area contributed by atoms with Gasteiger partial charge in [-0.1, -0.05) is 30.3 Å². The first-order valence-corrected chi connectivity index (χ1v) is 8.27. The van der Waals surface area contributed by atoms with E-state index in [-0.39, 0.29) is 24.8 Å². The first-order valence-electron chi connectivity index (χ1n) is 8.27. The van der Waals surface area contributed by atoms with Crippen LogP contribution in [-0.4, -0.2) is 30.5 Å². The van der Waals surface area contributed by atoms with Crippen molar-refractivity contribution in [3.63, 3.8) is 0 Å². The van der Waals surface area contributed by atoms with Crippen LogP contribution in [0.1, 0.15) is 13.3 Å². The second-order valence-corrected chi connectivity index (χ2v) is 5.82. The molecule has 0 aliphatic carbocycles. The number of nitrogens with zero attached hydrogens (tertiary/aromatic N) is 1. The Morgan fingerprint density at radius 1 is 1.12 bits per heavy atom. The number of para-hydroxylation sites is 3. The van der Waals surface area contributed by atoms with E-state index in [1.165, 1.54) is 0 Å². The number of carbonyl (C=O) groups is 3. The highest BCUT2D eigenvalue weighted by atomic mass is 16.5. The van der Waals surface area contributed by atoms with Gasteiger partial charge in [-0.05, 0) is 31.2 Å². The molecule has 0 bridgehead atoms. The molecule has 2 N–H and O–H groups in total. The smallest absolute Gasteiger partial charge is 0.329 e. The molecule has 0 spiro atoms. The van der Waals surface area contributed by atoms with Gasteiger partial charge in [0.15, 0.2) is 0 Å². The monoisotopic (exact) mass is 353 g/mol. The lowest BCUT2D eigenvalue weighted by Gasteiger charge is -2.17. The third-order valence-electron chi connectivity index (χ3n) is 3.89. The van der Waals surface area contributed by atoms with Crippen molar-refractivity contribution in [2.24, 2.45) is 0 Å². The minimum absolute atomic E-state index is 0.139. The van der Waals surface area contributed by atoms with Crippen molar-refractivity contribution in [1.29, 1.82) is 0 Å². The summed E-state index contributed by atoms with van der Waals surface area (Å²) in [5.74, 6) is 0.0617. The summed E-state index contributed by atoms with van der Waals surface area (Å²) in [6.07, 6.45) is 0.139. The van der Waals surface area contributed by atoms with Gasteiger partial charge in [-0.3, -0.25) is 9.59 Å². The van der Waals surface area contributed by atoms with Gasteiger partial charge in [0.1, 0.15) is 11.8 Å². The minimum Gasteiger partial charge on any atom is -0.493 e. The fourth-order valence-electron chi connectivity index (χ4n) is 2.60. The molecule has 4 amide bonds. The SMILES string of the molecule is CC1NC(=O)N(c2ccccc2NC(=O)CCOc2ccccc2)C1=O. The Hall–Kier alpha value is -3.35. The Bertz CT molecular complexity index is 823.